The molecule has 0 aliphatic carbocycles. The van der Waals surface area contributed by atoms with Crippen molar-refractivity contribution in [1.29, 1.82) is 0 Å². The monoisotopic (exact) mass is 224 g/mol. The van der Waals surface area contributed by atoms with Gasteiger partial charge in [0.15, 0.2) is 0 Å². The quantitative estimate of drug-likeness (QED) is 0.616. The first-order valence-corrected chi connectivity index (χ1v) is 5.66. The van der Waals surface area contributed by atoms with Crippen LogP contribution < -0.4 is 5.32 Å². The van der Waals surface area contributed by atoms with Crippen LogP contribution in [0.2, 0.25) is 0 Å². The van der Waals surface area contributed by atoms with E-state index >= 15 is 0 Å². The molecule has 0 unspecified atom stereocenters. The number of aliphatic imine (C=N–C) groups is 1. The van der Waals surface area contributed by atoms with Gasteiger partial charge in [0.05, 0.1) is 12.0 Å². The Morgan fingerprint density at radius 3 is 2.35 bits per heavy atom. The molecule has 0 bridgehead atoms. The molecule has 2 aromatic rings. The molecule has 2 rings (SSSR count). The predicted molar refractivity (Wildman–Crippen MR) is 74.1 cm³/mol. The number of benzene rings is 2. The van der Waals surface area contributed by atoms with Gasteiger partial charge >= 0.3 is 0 Å². The van der Waals surface area contributed by atoms with Crippen molar-refractivity contribution in [1.82, 2.24) is 0 Å². The molecule has 0 atom stereocenters. The van der Waals surface area contributed by atoms with E-state index in [1.807, 2.05) is 24.3 Å². The molecule has 0 aliphatic heterocycles. The van der Waals surface area contributed by atoms with Gasteiger partial charge in [-0.05, 0) is 49.2 Å². The SMILES string of the molecule is Cc1cccc(N=CNc2cccc(C)c2)c1. The highest BCUT2D eigenvalue weighted by atomic mass is 14.9. The van der Waals surface area contributed by atoms with E-state index in [0.29, 0.717) is 0 Å². The van der Waals surface area contributed by atoms with E-state index in [1.165, 1.54) is 11.1 Å². The zero-order chi connectivity index (χ0) is 12.1. The third-order valence-corrected chi connectivity index (χ3v) is 2.46. The van der Waals surface area contributed by atoms with Gasteiger partial charge in [-0.2, -0.15) is 0 Å². The molecular weight excluding hydrogens is 208 g/mol. The molecule has 2 nitrogen and oxygen atoms in total. The molecule has 17 heavy (non-hydrogen) atoms. The van der Waals surface area contributed by atoms with Gasteiger partial charge in [-0.25, -0.2) is 4.99 Å². The molecule has 86 valence electrons. The van der Waals surface area contributed by atoms with Crippen molar-refractivity contribution >= 4 is 17.7 Å². The van der Waals surface area contributed by atoms with Crippen LogP contribution in [-0.4, -0.2) is 6.34 Å². The molecule has 0 heterocycles. The zero-order valence-corrected chi connectivity index (χ0v) is 10.1. The fraction of sp³-hybridized carbons (Fsp3) is 0.133. The summed E-state index contributed by atoms with van der Waals surface area (Å²) >= 11 is 0. The molecule has 0 aliphatic rings. The van der Waals surface area contributed by atoms with E-state index in [4.69, 9.17) is 0 Å². The van der Waals surface area contributed by atoms with Gasteiger partial charge < -0.3 is 5.32 Å². The first-order valence-electron chi connectivity index (χ1n) is 5.66. The molecular formula is C15H16N2. The summed E-state index contributed by atoms with van der Waals surface area (Å²) in [6.07, 6.45) is 1.73. The van der Waals surface area contributed by atoms with Gasteiger partial charge in [0.2, 0.25) is 0 Å². The van der Waals surface area contributed by atoms with Crippen LogP contribution >= 0.6 is 0 Å². The second-order valence-corrected chi connectivity index (χ2v) is 4.11. The van der Waals surface area contributed by atoms with Crippen LogP contribution in [0.3, 0.4) is 0 Å². The molecule has 0 fully saturated rings. The molecule has 0 amide bonds. The van der Waals surface area contributed by atoms with Crippen LogP contribution in [0.15, 0.2) is 53.5 Å². The maximum Gasteiger partial charge on any atom is 0.0930 e. The van der Waals surface area contributed by atoms with Crippen LogP contribution in [0.4, 0.5) is 11.4 Å². The Bertz CT molecular complexity index is 530. The fourth-order valence-electron chi connectivity index (χ4n) is 1.62. The Labute approximate surface area is 102 Å². The highest BCUT2D eigenvalue weighted by Gasteiger charge is 1.90. The average molecular weight is 224 g/mol. The van der Waals surface area contributed by atoms with Crippen molar-refractivity contribution in [2.75, 3.05) is 5.32 Å². The topological polar surface area (TPSA) is 24.4 Å². The summed E-state index contributed by atoms with van der Waals surface area (Å²) < 4.78 is 0. The normalized spacial score (nSPS) is 10.7. The number of nitrogens with zero attached hydrogens (tertiary/aromatic N) is 1. The highest BCUT2D eigenvalue weighted by molar-refractivity contribution is 5.78. The molecule has 0 saturated carbocycles. The van der Waals surface area contributed by atoms with Crippen molar-refractivity contribution in [2.24, 2.45) is 4.99 Å². The molecule has 2 aromatic carbocycles. The number of hydrogen-bond donors (Lipinski definition) is 1. The third kappa shape index (κ3) is 3.45. The van der Waals surface area contributed by atoms with E-state index < -0.39 is 0 Å². The number of rotatable bonds is 3. The summed E-state index contributed by atoms with van der Waals surface area (Å²) in [4.78, 5) is 4.36. The Kier molecular flexibility index (Phi) is 3.55. The van der Waals surface area contributed by atoms with Crippen molar-refractivity contribution in [3.63, 3.8) is 0 Å². The van der Waals surface area contributed by atoms with Crippen LogP contribution in [-0.2, 0) is 0 Å². The number of aryl methyl sites for hydroxylation is 2. The molecule has 0 aromatic heterocycles. The van der Waals surface area contributed by atoms with Crippen molar-refractivity contribution in [2.45, 2.75) is 13.8 Å². The first kappa shape index (κ1) is 11.4. The summed E-state index contributed by atoms with van der Waals surface area (Å²) in [6.45, 7) is 4.13. The van der Waals surface area contributed by atoms with Crippen LogP contribution in [0.5, 0.6) is 0 Å². The van der Waals surface area contributed by atoms with Crippen LogP contribution in [0.1, 0.15) is 11.1 Å². The Morgan fingerprint density at radius 1 is 0.941 bits per heavy atom. The standard InChI is InChI=1S/C15H16N2/c1-12-5-3-7-14(9-12)16-11-17-15-8-4-6-13(2)10-15/h3-11H,1-2H3,(H,16,17). The van der Waals surface area contributed by atoms with Crippen LogP contribution in [0.25, 0.3) is 0 Å². The second kappa shape index (κ2) is 5.30. The Balaban J connectivity index is 2.03. The summed E-state index contributed by atoms with van der Waals surface area (Å²) in [7, 11) is 0. The van der Waals surface area contributed by atoms with E-state index in [-0.39, 0.29) is 0 Å². The maximum atomic E-state index is 4.36. The maximum absolute atomic E-state index is 4.36. The summed E-state index contributed by atoms with van der Waals surface area (Å²) in [5.74, 6) is 0. The van der Waals surface area contributed by atoms with Gasteiger partial charge in [0, 0.05) is 5.69 Å². The Hall–Kier alpha value is -2.09. The van der Waals surface area contributed by atoms with E-state index in [2.05, 4.69) is 48.4 Å². The molecule has 2 heteroatoms. The Morgan fingerprint density at radius 2 is 1.65 bits per heavy atom. The minimum absolute atomic E-state index is 0.963. The number of nitrogens with one attached hydrogen (secondary N) is 1. The van der Waals surface area contributed by atoms with Gasteiger partial charge in [0.1, 0.15) is 0 Å². The lowest BCUT2D eigenvalue weighted by Crippen LogP contribution is -1.94. The number of anilines is 1. The zero-order valence-electron chi connectivity index (χ0n) is 10.1. The van der Waals surface area contributed by atoms with E-state index in [0.717, 1.165) is 11.4 Å². The second-order valence-electron chi connectivity index (χ2n) is 4.11. The van der Waals surface area contributed by atoms with Crippen molar-refractivity contribution < 1.29 is 0 Å². The van der Waals surface area contributed by atoms with Gasteiger partial charge in [-0.15, -0.1) is 0 Å². The minimum Gasteiger partial charge on any atom is -0.346 e. The van der Waals surface area contributed by atoms with Gasteiger partial charge in [0.25, 0.3) is 0 Å². The lowest BCUT2D eigenvalue weighted by atomic mass is 10.2. The predicted octanol–water partition coefficient (Wildman–Crippen LogP) is 4.08. The fourth-order valence-corrected chi connectivity index (χ4v) is 1.62. The molecule has 0 saturated heterocycles. The van der Waals surface area contributed by atoms with Gasteiger partial charge in [-0.3, -0.25) is 0 Å². The lowest BCUT2D eigenvalue weighted by Gasteiger charge is -2.01. The number of hydrogen-bond acceptors (Lipinski definition) is 1. The van der Waals surface area contributed by atoms with Crippen LogP contribution in [0, 0.1) is 13.8 Å². The smallest absolute Gasteiger partial charge is 0.0930 e. The summed E-state index contributed by atoms with van der Waals surface area (Å²) in [6, 6.07) is 16.3. The highest BCUT2D eigenvalue weighted by Crippen LogP contribution is 2.13. The first-order chi connectivity index (χ1) is 8.24. The molecule has 0 radical (unpaired) electrons. The summed E-state index contributed by atoms with van der Waals surface area (Å²) in [5, 5.41) is 3.16. The molecule has 0 spiro atoms. The van der Waals surface area contributed by atoms with Crippen molar-refractivity contribution in [3.05, 3.63) is 59.7 Å². The third-order valence-electron chi connectivity index (χ3n) is 2.46. The minimum atomic E-state index is 0.963. The molecule has 1 N–H and O–H groups in total. The summed E-state index contributed by atoms with van der Waals surface area (Å²) in [5.41, 5.74) is 4.47. The van der Waals surface area contributed by atoms with Gasteiger partial charge in [-0.1, -0.05) is 24.3 Å². The van der Waals surface area contributed by atoms with Crippen molar-refractivity contribution in [3.8, 4) is 0 Å². The van der Waals surface area contributed by atoms with E-state index in [9.17, 15) is 0 Å². The average Bonchev–Trinajstić information content (AvgIpc) is 2.29. The van der Waals surface area contributed by atoms with E-state index in [1.54, 1.807) is 6.34 Å². The lowest BCUT2D eigenvalue weighted by molar-refractivity contribution is 1.43. The largest absolute Gasteiger partial charge is 0.346 e.